The summed E-state index contributed by atoms with van der Waals surface area (Å²) in [5.41, 5.74) is 2.32. The summed E-state index contributed by atoms with van der Waals surface area (Å²) < 4.78 is 1.72. The first-order chi connectivity index (χ1) is 14.1. The van der Waals surface area contributed by atoms with Crippen molar-refractivity contribution < 1.29 is 0 Å². The summed E-state index contributed by atoms with van der Waals surface area (Å²) in [5.74, 6) is 2.84. The lowest BCUT2D eigenvalue weighted by molar-refractivity contribution is 0.381. The van der Waals surface area contributed by atoms with Crippen molar-refractivity contribution in [2.75, 3.05) is 25.4 Å². The Morgan fingerprint density at radius 3 is 2.60 bits per heavy atom. The molecule has 164 valence electrons. The lowest BCUT2D eigenvalue weighted by Gasteiger charge is -2.36. The lowest BCUT2D eigenvalue weighted by Crippen LogP contribution is -2.49. The number of rotatable bonds is 6. The molecule has 1 unspecified atom stereocenters. The summed E-state index contributed by atoms with van der Waals surface area (Å²) >= 11 is 2.08. The van der Waals surface area contributed by atoms with Crippen LogP contribution in [0.4, 0.5) is 0 Å². The van der Waals surface area contributed by atoms with Gasteiger partial charge in [-0.05, 0) is 30.0 Å². The Morgan fingerprint density at radius 1 is 1.20 bits per heavy atom. The summed E-state index contributed by atoms with van der Waals surface area (Å²) in [6.45, 7) is 10.9. The van der Waals surface area contributed by atoms with Crippen molar-refractivity contribution in [3.63, 3.8) is 0 Å². The van der Waals surface area contributed by atoms with Gasteiger partial charge in [0.1, 0.15) is 0 Å². The van der Waals surface area contributed by atoms with Gasteiger partial charge in [0.2, 0.25) is 0 Å². The van der Waals surface area contributed by atoms with Crippen LogP contribution in [0, 0.1) is 5.92 Å². The van der Waals surface area contributed by atoms with E-state index in [1.165, 1.54) is 5.56 Å². The molecule has 0 spiro atoms. The lowest BCUT2D eigenvalue weighted by atomic mass is 10.1. The van der Waals surface area contributed by atoms with Crippen LogP contribution in [0.2, 0.25) is 0 Å². The molecule has 2 aromatic rings. The SMILES string of the molecule is CCNC(=NCc1ccc(Cn2ccccc2=O)cc1)N1CCSC(C(C)C)C1.I. The molecule has 1 aliphatic rings. The van der Waals surface area contributed by atoms with Crippen LogP contribution in [0.5, 0.6) is 0 Å². The monoisotopic (exact) mass is 540 g/mol. The van der Waals surface area contributed by atoms with Gasteiger partial charge in [0, 0.05) is 42.9 Å². The third kappa shape index (κ3) is 7.04. The summed E-state index contributed by atoms with van der Waals surface area (Å²) in [7, 11) is 0. The average Bonchev–Trinajstić information content (AvgIpc) is 2.74. The smallest absolute Gasteiger partial charge is 0.250 e. The molecular formula is C23H33IN4OS. The zero-order valence-electron chi connectivity index (χ0n) is 18.1. The summed E-state index contributed by atoms with van der Waals surface area (Å²) in [6, 6.07) is 13.6. The van der Waals surface area contributed by atoms with Gasteiger partial charge in [-0.15, -0.1) is 24.0 Å². The zero-order valence-corrected chi connectivity index (χ0v) is 21.2. The first-order valence-corrected chi connectivity index (χ1v) is 11.5. The van der Waals surface area contributed by atoms with Crippen molar-refractivity contribution >= 4 is 41.7 Å². The highest BCUT2D eigenvalue weighted by Gasteiger charge is 2.24. The maximum absolute atomic E-state index is 11.9. The predicted octanol–water partition coefficient (Wildman–Crippen LogP) is 4.05. The molecule has 1 aromatic carbocycles. The van der Waals surface area contributed by atoms with E-state index in [1.807, 2.05) is 12.3 Å². The molecule has 1 aromatic heterocycles. The fourth-order valence-electron chi connectivity index (χ4n) is 3.40. The number of aliphatic imine (C=N–C) groups is 1. The van der Waals surface area contributed by atoms with E-state index >= 15 is 0 Å². The highest BCUT2D eigenvalue weighted by atomic mass is 127. The van der Waals surface area contributed by atoms with Gasteiger partial charge in [-0.25, -0.2) is 4.99 Å². The molecule has 1 N–H and O–H groups in total. The molecule has 7 heteroatoms. The van der Waals surface area contributed by atoms with Crippen molar-refractivity contribution in [3.05, 3.63) is 70.1 Å². The number of thioether (sulfide) groups is 1. The first kappa shape index (κ1) is 24.8. The van der Waals surface area contributed by atoms with Gasteiger partial charge in [0.05, 0.1) is 13.1 Å². The second-order valence-electron chi connectivity index (χ2n) is 7.75. The van der Waals surface area contributed by atoms with Crippen molar-refractivity contribution in [2.24, 2.45) is 10.9 Å². The number of benzene rings is 1. The highest BCUT2D eigenvalue weighted by Crippen LogP contribution is 2.25. The third-order valence-corrected chi connectivity index (χ3v) is 6.70. The molecule has 0 aliphatic carbocycles. The Morgan fingerprint density at radius 2 is 1.93 bits per heavy atom. The van der Waals surface area contributed by atoms with E-state index in [4.69, 9.17) is 4.99 Å². The van der Waals surface area contributed by atoms with E-state index in [1.54, 1.807) is 16.7 Å². The minimum absolute atomic E-state index is 0. The Hall–Kier alpha value is -1.48. The topological polar surface area (TPSA) is 49.6 Å². The number of aromatic nitrogens is 1. The van der Waals surface area contributed by atoms with Gasteiger partial charge >= 0.3 is 0 Å². The zero-order chi connectivity index (χ0) is 20.6. The van der Waals surface area contributed by atoms with Crippen LogP contribution in [0.1, 0.15) is 31.9 Å². The molecule has 3 rings (SSSR count). The Balaban J connectivity index is 0.00000320. The number of pyridine rings is 1. The number of nitrogens with zero attached hydrogens (tertiary/aromatic N) is 3. The van der Waals surface area contributed by atoms with Crippen LogP contribution in [0.3, 0.4) is 0 Å². The van der Waals surface area contributed by atoms with Crippen molar-refractivity contribution in [2.45, 2.75) is 39.1 Å². The van der Waals surface area contributed by atoms with Crippen molar-refractivity contribution in [1.29, 1.82) is 0 Å². The van der Waals surface area contributed by atoms with Crippen LogP contribution in [0.15, 0.2) is 58.4 Å². The molecule has 0 bridgehead atoms. The van der Waals surface area contributed by atoms with E-state index < -0.39 is 0 Å². The maximum Gasteiger partial charge on any atom is 0.250 e. The minimum atomic E-state index is 0. The standard InChI is InChI=1S/C23H32N4OS.HI/c1-4-24-23(27-13-14-29-21(17-27)18(2)3)25-15-19-8-10-20(11-9-19)16-26-12-6-5-7-22(26)28;/h5-12,18,21H,4,13-17H2,1-3H3,(H,24,25);1H. The van der Waals surface area contributed by atoms with E-state index in [-0.39, 0.29) is 29.5 Å². The summed E-state index contributed by atoms with van der Waals surface area (Å²) in [4.78, 5) is 19.2. The van der Waals surface area contributed by atoms with Gasteiger partial charge in [-0.2, -0.15) is 11.8 Å². The largest absolute Gasteiger partial charge is 0.357 e. The molecule has 5 nitrogen and oxygen atoms in total. The first-order valence-electron chi connectivity index (χ1n) is 10.4. The molecule has 1 saturated heterocycles. The maximum atomic E-state index is 11.9. The van der Waals surface area contributed by atoms with Crippen molar-refractivity contribution in [1.82, 2.24) is 14.8 Å². The second kappa shape index (κ2) is 12.4. The van der Waals surface area contributed by atoms with Crippen LogP contribution in [0.25, 0.3) is 0 Å². The Kier molecular flexibility index (Phi) is 10.2. The molecular weight excluding hydrogens is 507 g/mol. The highest BCUT2D eigenvalue weighted by molar-refractivity contribution is 14.0. The minimum Gasteiger partial charge on any atom is -0.357 e. The van der Waals surface area contributed by atoms with E-state index in [0.29, 0.717) is 24.3 Å². The summed E-state index contributed by atoms with van der Waals surface area (Å²) in [6.07, 6.45) is 1.82. The van der Waals surface area contributed by atoms with Gasteiger partial charge in [0.15, 0.2) is 5.96 Å². The Labute approximate surface area is 201 Å². The van der Waals surface area contributed by atoms with E-state index in [2.05, 4.69) is 67.0 Å². The molecule has 1 fully saturated rings. The third-order valence-electron chi connectivity index (χ3n) is 5.16. The van der Waals surface area contributed by atoms with Gasteiger partial charge in [-0.3, -0.25) is 4.79 Å². The average molecular weight is 541 g/mol. The van der Waals surface area contributed by atoms with Crippen molar-refractivity contribution in [3.8, 4) is 0 Å². The quantitative estimate of drug-likeness (QED) is 0.341. The number of nitrogens with one attached hydrogen (secondary N) is 1. The number of halogens is 1. The molecule has 1 aliphatic heterocycles. The second-order valence-corrected chi connectivity index (χ2v) is 9.10. The fourth-order valence-corrected chi connectivity index (χ4v) is 4.70. The van der Waals surface area contributed by atoms with Crippen LogP contribution < -0.4 is 10.9 Å². The van der Waals surface area contributed by atoms with Crippen LogP contribution >= 0.6 is 35.7 Å². The molecule has 0 radical (unpaired) electrons. The molecule has 0 saturated carbocycles. The van der Waals surface area contributed by atoms with Crippen LogP contribution in [-0.2, 0) is 13.1 Å². The molecule has 1 atom stereocenters. The fraction of sp³-hybridized carbons (Fsp3) is 0.478. The van der Waals surface area contributed by atoms with Crippen LogP contribution in [-0.4, -0.2) is 46.1 Å². The molecule has 30 heavy (non-hydrogen) atoms. The van der Waals surface area contributed by atoms with E-state index in [0.717, 1.165) is 36.9 Å². The van der Waals surface area contributed by atoms with Gasteiger partial charge in [-0.1, -0.05) is 44.2 Å². The normalized spacial score (nSPS) is 17.0. The van der Waals surface area contributed by atoms with Gasteiger partial charge < -0.3 is 14.8 Å². The predicted molar refractivity (Wildman–Crippen MR) is 139 cm³/mol. The van der Waals surface area contributed by atoms with Gasteiger partial charge in [0.25, 0.3) is 5.56 Å². The summed E-state index contributed by atoms with van der Waals surface area (Å²) in [5, 5.41) is 4.12. The number of hydrogen-bond acceptors (Lipinski definition) is 3. The molecule has 2 heterocycles. The number of hydrogen-bond donors (Lipinski definition) is 1. The molecule has 0 amide bonds. The Bertz CT molecular complexity index is 866. The number of guanidine groups is 1. The van der Waals surface area contributed by atoms with E-state index in [9.17, 15) is 4.79 Å².